The van der Waals surface area contributed by atoms with Gasteiger partial charge in [0.1, 0.15) is 0 Å². The first-order valence-electron chi connectivity index (χ1n) is 6.79. The van der Waals surface area contributed by atoms with Crippen LogP contribution in [0.2, 0.25) is 0 Å². The molecule has 0 aliphatic heterocycles. The Hall–Kier alpha value is -1.50. The molecule has 0 fully saturated rings. The van der Waals surface area contributed by atoms with Crippen LogP contribution < -0.4 is 0 Å². The third-order valence-electron chi connectivity index (χ3n) is 3.05. The fraction of sp³-hybridized carbons (Fsp3) is 0.714. The minimum absolute atomic E-state index is 0.154. The molecule has 0 aliphatic rings. The smallest absolute Gasteiger partial charge is 0.221 e. The average Bonchev–Trinajstić information content (AvgIpc) is 2.44. The van der Waals surface area contributed by atoms with Crippen molar-refractivity contribution in [1.82, 2.24) is 0 Å². The molecule has 8 heteroatoms. The molecule has 0 aromatic rings. The largest absolute Gasteiger partial charge is 0.281 e. The summed E-state index contributed by atoms with van der Waals surface area (Å²) < 4.78 is 0. The number of halogens is 2. The molecule has 22 heavy (non-hydrogen) atoms. The first-order valence-corrected chi connectivity index (χ1v) is 7.55. The molecule has 6 nitrogen and oxygen atoms in total. The van der Waals surface area contributed by atoms with E-state index < -0.39 is 21.6 Å². The summed E-state index contributed by atoms with van der Waals surface area (Å²) in [5.41, 5.74) is -2.24. The van der Waals surface area contributed by atoms with Crippen molar-refractivity contribution in [2.45, 2.75) is 63.5 Å². The minimum atomic E-state index is -1.12. The van der Waals surface area contributed by atoms with Crippen molar-refractivity contribution in [3.05, 3.63) is 0 Å². The number of carbonyl (C=O) groups is 2. The van der Waals surface area contributed by atoms with E-state index in [-0.39, 0.29) is 12.8 Å². The number of hydrogen-bond acceptors (Lipinski definition) is 6. The second-order valence-electron chi connectivity index (χ2n) is 5.39. The lowest BCUT2D eigenvalue weighted by Gasteiger charge is -2.19. The van der Waals surface area contributed by atoms with Crippen LogP contribution in [-0.2, 0) is 9.59 Å². The molecular formula is C14H18Cl2N4O2. The number of nitriles is 2. The van der Waals surface area contributed by atoms with E-state index >= 15 is 0 Å². The molecule has 0 saturated carbocycles. The Balaban J connectivity index is 4.76. The molecule has 0 N–H and O–H groups in total. The lowest BCUT2D eigenvalue weighted by molar-refractivity contribution is -0.112. The van der Waals surface area contributed by atoms with E-state index in [2.05, 4.69) is 10.2 Å². The summed E-state index contributed by atoms with van der Waals surface area (Å²) in [5.74, 6) is 0. The molecule has 0 amide bonds. The van der Waals surface area contributed by atoms with Gasteiger partial charge < -0.3 is 0 Å². The normalized spacial score (nSPS) is 16.3. The molecule has 0 saturated heterocycles. The summed E-state index contributed by atoms with van der Waals surface area (Å²) in [6.45, 7) is 3.16. The van der Waals surface area contributed by atoms with E-state index in [9.17, 15) is 20.1 Å². The van der Waals surface area contributed by atoms with Gasteiger partial charge in [-0.1, -0.05) is 0 Å². The SMILES string of the molecule is CC(C#N)(CCCC(=O)Cl)N=NC(C)(C#N)CCCC(=O)Cl. The van der Waals surface area contributed by atoms with E-state index in [1.807, 2.05) is 12.1 Å². The Bertz CT molecular complexity index is 478. The van der Waals surface area contributed by atoms with Gasteiger partial charge in [0.2, 0.25) is 10.5 Å². The maximum atomic E-state index is 10.7. The van der Waals surface area contributed by atoms with Gasteiger partial charge in [0, 0.05) is 12.8 Å². The lowest BCUT2D eigenvalue weighted by atomic mass is 9.96. The zero-order valence-electron chi connectivity index (χ0n) is 12.6. The summed E-state index contributed by atoms with van der Waals surface area (Å²) in [4.78, 5) is 21.4. The van der Waals surface area contributed by atoms with E-state index in [1.54, 1.807) is 13.8 Å². The molecule has 0 aromatic carbocycles. The molecule has 0 spiro atoms. The van der Waals surface area contributed by atoms with Crippen molar-refractivity contribution in [1.29, 1.82) is 10.5 Å². The molecule has 0 aromatic heterocycles. The van der Waals surface area contributed by atoms with Gasteiger partial charge in [0.15, 0.2) is 11.1 Å². The molecule has 0 heterocycles. The van der Waals surface area contributed by atoms with Crippen LogP contribution in [0.4, 0.5) is 0 Å². The zero-order chi connectivity index (χ0) is 17.2. The Morgan fingerprint density at radius 3 is 1.45 bits per heavy atom. The maximum Gasteiger partial charge on any atom is 0.221 e. The second-order valence-corrected chi connectivity index (χ2v) is 6.23. The maximum absolute atomic E-state index is 10.7. The third kappa shape index (κ3) is 8.71. The summed E-state index contributed by atoms with van der Waals surface area (Å²) in [6.07, 6.45) is 1.76. The van der Waals surface area contributed by atoms with Crippen LogP contribution in [0.3, 0.4) is 0 Å². The van der Waals surface area contributed by atoms with Crippen molar-refractivity contribution >= 4 is 33.7 Å². The third-order valence-corrected chi connectivity index (χ3v) is 3.42. The number of hydrogen-bond donors (Lipinski definition) is 0. The molecule has 0 bridgehead atoms. The molecule has 2 unspecified atom stereocenters. The Kier molecular flexibility index (Phi) is 8.86. The molecule has 2 atom stereocenters. The van der Waals surface area contributed by atoms with Crippen LogP contribution >= 0.6 is 23.2 Å². The van der Waals surface area contributed by atoms with Gasteiger partial charge in [-0.15, -0.1) is 0 Å². The van der Waals surface area contributed by atoms with Crippen LogP contribution in [0.25, 0.3) is 0 Å². The first kappa shape index (κ1) is 20.5. The predicted molar refractivity (Wildman–Crippen MR) is 82.3 cm³/mol. The highest BCUT2D eigenvalue weighted by molar-refractivity contribution is 6.63. The second kappa shape index (κ2) is 9.50. The van der Waals surface area contributed by atoms with Gasteiger partial charge in [-0.2, -0.15) is 20.8 Å². The number of azo groups is 1. The standard InChI is InChI=1S/C14H18Cl2N4O2/c1-13(9-17,7-3-5-11(15)21)19-20-14(2,10-18)8-4-6-12(16)22/h3-8H2,1-2H3. The van der Waals surface area contributed by atoms with Gasteiger partial charge in [0.25, 0.3) is 0 Å². The van der Waals surface area contributed by atoms with Gasteiger partial charge >= 0.3 is 0 Å². The van der Waals surface area contributed by atoms with Gasteiger partial charge in [-0.3, -0.25) is 9.59 Å². The van der Waals surface area contributed by atoms with Crippen LogP contribution in [0, 0.1) is 22.7 Å². The van der Waals surface area contributed by atoms with E-state index in [0.717, 1.165) is 0 Å². The number of nitrogens with zero attached hydrogens (tertiary/aromatic N) is 4. The molecule has 0 rings (SSSR count). The van der Waals surface area contributed by atoms with Gasteiger partial charge in [-0.05, 0) is 62.7 Å². The number of rotatable bonds is 10. The Morgan fingerprint density at radius 1 is 0.909 bits per heavy atom. The van der Waals surface area contributed by atoms with Crippen molar-refractivity contribution in [2.24, 2.45) is 10.2 Å². The van der Waals surface area contributed by atoms with Gasteiger partial charge in [0.05, 0.1) is 12.1 Å². The van der Waals surface area contributed by atoms with Crippen LogP contribution in [-0.4, -0.2) is 21.6 Å². The molecule has 0 radical (unpaired) electrons. The van der Waals surface area contributed by atoms with E-state index in [0.29, 0.717) is 25.7 Å². The van der Waals surface area contributed by atoms with Crippen molar-refractivity contribution < 1.29 is 9.59 Å². The minimum Gasteiger partial charge on any atom is -0.281 e. The van der Waals surface area contributed by atoms with Crippen molar-refractivity contribution in [3.8, 4) is 12.1 Å². The highest BCUT2D eigenvalue weighted by Gasteiger charge is 2.28. The van der Waals surface area contributed by atoms with Crippen molar-refractivity contribution in [3.63, 3.8) is 0 Å². The fourth-order valence-corrected chi connectivity index (χ4v) is 1.89. The van der Waals surface area contributed by atoms with Gasteiger partial charge in [-0.25, -0.2) is 0 Å². The van der Waals surface area contributed by atoms with E-state index in [1.165, 1.54) is 0 Å². The van der Waals surface area contributed by atoms with Crippen LogP contribution in [0.5, 0.6) is 0 Å². The number of carbonyl (C=O) groups excluding carboxylic acids is 2. The molecular weight excluding hydrogens is 327 g/mol. The summed E-state index contributed by atoms with van der Waals surface area (Å²) in [5, 5.41) is 25.4. The highest BCUT2D eigenvalue weighted by atomic mass is 35.5. The summed E-state index contributed by atoms with van der Waals surface area (Å²) >= 11 is 10.5. The zero-order valence-corrected chi connectivity index (χ0v) is 14.1. The summed E-state index contributed by atoms with van der Waals surface area (Å²) in [7, 11) is 0. The van der Waals surface area contributed by atoms with E-state index in [4.69, 9.17) is 23.2 Å². The first-order chi connectivity index (χ1) is 10.2. The van der Waals surface area contributed by atoms with Crippen LogP contribution in [0.15, 0.2) is 10.2 Å². The molecule has 120 valence electrons. The van der Waals surface area contributed by atoms with Crippen molar-refractivity contribution in [2.75, 3.05) is 0 Å². The highest BCUT2D eigenvalue weighted by Crippen LogP contribution is 2.24. The fourth-order valence-electron chi connectivity index (χ4n) is 1.62. The Morgan fingerprint density at radius 2 is 1.23 bits per heavy atom. The summed E-state index contributed by atoms with van der Waals surface area (Å²) in [6, 6.07) is 4.05. The lowest BCUT2D eigenvalue weighted by Crippen LogP contribution is -2.24. The average molecular weight is 345 g/mol. The topological polar surface area (TPSA) is 106 Å². The van der Waals surface area contributed by atoms with Crippen LogP contribution in [0.1, 0.15) is 52.4 Å². The predicted octanol–water partition coefficient (Wildman–Crippen LogP) is 3.87. The monoisotopic (exact) mass is 344 g/mol. The quantitative estimate of drug-likeness (QED) is 0.442. The molecule has 0 aliphatic carbocycles. The Labute approximate surface area is 140 Å².